The summed E-state index contributed by atoms with van der Waals surface area (Å²) in [6.45, 7) is 3.55. The number of hydrogen-bond acceptors (Lipinski definition) is 5. The second-order valence-electron chi connectivity index (χ2n) is 5.34. The minimum atomic E-state index is -0.669. The Hall–Kier alpha value is -1.85. The Labute approximate surface area is 117 Å². The number of rotatable bonds is 4. The van der Waals surface area contributed by atoms with Gasteiger partial charge in [-0.3, -0.25) is 4.79 Å². The fourth-order valence-electron chi connectivity index (χ4n) is 2.44. The zero-order valence-electron chi connectivity index (χ0n) is 11.8. The van der Waals surface area contributed by atoms with Crippen LogP contribution in [0.3, 0.4) is 0 Å². The van der Waals surface area contributed by atoms with Crippen molar-refractivity contribution in [3.63, 3.8) is 0 Å². The van der Waals surface area contributed by atoms with E-state index in [-0.39, 0.29) is 24.3 Å². The Morgan fingerprint density at radius 3 is 2.85 bits per heavy atom. The molecule has 1 aromatic rings. The maximum absolute atomic E-state index is 11.8. The highest BCUT2D eigenvalue weighted by atomic mass is 16.6. The molecule has 1 amide bonds. The number of aromatic nitrogens is 1. The van der Waals surface area contributed by atoms with Gasteiger partial charge in [0.25, 0.3) is 5.91 Å². The average Bonchev–Trinajstić information content (AvgIpc) is 2.85. The van der Waals surface area contributed by atoms with Crippen LogP contribution in [0, 0.1) is 12.8 Å². The highest BCUT2D eigenvalue weighted by molar-refractivity contribution is 5.88. The van der Waals surface area contributed by atoms with E-state index >= 15 is 0 Å². The maximum Gasteiger partial charge on any atom is 0.377 e. The first-order valence-electron chi connectivity index (χ1n) is 6.96. The molecule has 6 heteroatoms. The molecule has 1 aliphatic rings. The number of esters is 1. The minimum Gasteiger partial charge on any atom is -0.450 e. The molecule has 6 nitrogen and oxygen atoms in total. The van der Waals surface area contributed by atoms with Gasteiger partial charge in [-0.2, -0.15) is 0 Å². The van der Waals surface area contributed by atoms with Crippen LogP contribution in [0.4, 0.5) is 0 Å². The standard InChI is InChI=1S/C14H20N2O4/c1-9-5-3-4-6-11(9)15-13(17)8-19-14(18)12-7-10(2)16-20-12/h7,9,11H,3-6,8H2,1-2H3,(H,15,17)/t9-,11-/m0/s1. The second kappa shape index (κ2) is 6.54. The monoisotopic (exact) mass is 280 g/mol. The smallest absolute Gasteiger partial charge is 0.377 e. The summed E-state index contributed by atoms with van der Waals surface area (Å²) < 4.78 is 9.66. The van der Waals surface area contributed by atoms with Crippen LogP contribution in [0.2, 0.25) is 0 Å². The molecule has 1 aliphatic carbocycles. The van der Waals surface area contributed by atoms with Crippen molar-refractivity contribution in [1.82, 2.24) is 10.5 Å². The molecule has 1 saturated carbocycles. The van der Waals surface area contributed by atoms with Crippen molar-refractivity contribution >= 4 is 11.9 Å². The summed E-state index contributed by atoms with van der Waals surface area (Å²) in [5.41, 5.74) is 0.595. The lowest BCUT2D eigenvalue weighted by Gasteiger charge is -2.29. The van der Waals surface area contributed by atoms with Crippen LogP contribution < -0.4 is 5.32 Å². The van der Waals surface area contributed by atoms with E-state index in [4.69, 9.17) is 9.26 Å². The lowest BCUT2D eigenvalue weighted by molar-refractivity contribution is -0.125. The normalized spacial score (nSPS) is 22.3. The number of aryl methyl sites for hydroxylation is 1. The van der Waals surface area contributed by atoms with Crippen LogP contribution in [-0.2, 0) is 9.53 Å². The van der Waals surface area contributed by atoms with Crippen LogP contribution in [0.1, 0.15) is 48.9 Å². The first kappa shape index (κ1) is 14.6. The largest absolute Gasteiger partial charge is 0.450 e. The first-order chi connectivity index (χ1) is 9.56. The fraction of sp³-hybridized carbons (Fsp3) is 0.643. The molecule has 0 radical (unpaired) electrons. The molecule has 0 aliphatic heterocycles. The highest BCUT2D eigenvalue weighted by Crippen LogP contribution is 2.23. The number of hydrogen-bond donors (Lipinski definition) is 1. The number of carbonyl (C=O) groups excluding carboxylic acids is 2. The lowest BCUT2D eigenvalue weighted by atomic mass is 9.86. The molecule has 20 heavy (non-hydrogen) atoms. The third-order valence-electron chi connectivity index (χ3n) is 3.62. The van der Waals surface area contributed by atoms with E-state index in [1.54, 1.807) is 6.92 Å². The van der Waals surface area contributed by atoms with Crippen molar-refractivity contribution in [3.05, 3.63) is 17.5 Å². The third-order valence-corrected chi connectivity index (χ3v) is 3.62. The summed E-state index contributed by atoms with van der Waals surface area (Å²) in [5.74, 6) is -0.451. The summed E-state index contributed by atoms with van der Waals surface area (Å²) in [6, 6.07) is 1.66. The van der Waals surface area contributed by atoms with Crippen LogP contribution in [-0.4, -0.2) is 29.7 Å². The van der Waals surface area contributed by atoms with Crippen LogP contribution in [0.5, 0.6) is 0 Å². The molecule has 1 N–H and O–H groups in total. The summed E-state index contributed by atoms with van der Waals surface area (Å²) in [5, 5.41) is 6.51. The van der Waals surface area contributed by atoms with E-state index in [1.165, 1.54) is 12.5 Å². The van der Waals surface area contributed by atoms with Crippen LogP contribution >= 0.6 is 0 Å². The van der Waals surface area contributed by atoms with Crippen molar-refractivity contribution in [3.8, 4) is 0 Å². The Morgan fingerprint density at radius 2 is 2.20 bits per heavy atom. The van der Waals surface area contributed by atoms with Gasteiger partial charge in [0.2, 0.25) is 5.76 Å². The molecule has 2 rings (SSSR count). The zero-order valence-corrected chi connectivity index (χ0v) is 11.8. The van der Waals surface area contributed by atoms with E-state index in [1.807, 2.05) is 0 Å². The van der Waals surface area contributed by atoms with Gasteiger partial charge in [-0.25, -0.2) is 4.79 Å². The molecular formula is C14H20N2O4. The first-order valence-corrected chi connectivity index (χ1v) is 6.96. The average molecular weight is 280 g/mol. The molecule has 2 atom stereocenters. The van der Waals surface area contributed by atoms with Gasteiger partial charge in [-0.1, -0.05) is 24.9 Å². The third kappa shape index (κ3) is 3.82. The molecule has 110 valence electrons. The topological polar surface area (TPSA) is 81.4 Å². The van der Waals surface area contributed by atoms with E-state index in [0.29, 0.717) is 11.6 Å². The van der Waals surface area contributed by atoms with E-state index in [2.05, 4.69) is 17.4 Å². The predicted octanol–water partition coefficient (Wildman–Crippen LogP) is 1.83. The Balaban J connectivity index is 1.76. The van der Waals surface area contributed by atoms with Crippen molar-refractivity contribution in [2.24, 2.45) is 5.92 Å². The van der Waals surface area contributed by atoms with Gasteiger partial charge in [-0.05, 0) is 25.7 Å². The number of nitrogens with zero attached hydrogens (tertiary/aromatic N) is 1. The molecule has 1 fully saturated rings. The number of amides is 1. The van der Waals surface area contributed by atoms with Crippen LogP contribution in [0.25, 0.3) is 0 Å². The highest BCUT2D eigenvalue weighted by Gasteiger charge is 2.23. The molecule has 0 saturated heterocycles. The SMILES string of the molecule is Cc1cc(C(=O)OCC(=O)N[C@H]2CCCC[C@@H]2C)on1. The molecule has 0 bridgehead atoms. The summed E-state index contributed by atoms with van der Waals surface area (Å²) >= 11 is 0. The fourth-order valence-corrected chi connectivity index (χ4v) is 2.44. The maximum atomic E-state index is 11.8. The molecular weight excluding hydrogens is 260 g/mol. The Kier molecular flexibility index (Phi) is 4.76. The van der Waals surface area contributed by atoms with Crippen LogP contribution in [0.15, 0.2) is 10.6 Å². The Bertz CT molecular complexity index is 483. The van der Waals surface area contributed by atoms with E-state index < -0.39 is 5.97 Å². The molecule has 1 heterocycles. The van der Waals surface area contributed by atoms with Crippen molar-refractivity contribution in [2.75, 3.05) is 6.61 Å². The number of nitrogens with one attached hydrogen (secondary N) is 1. The van der Waals surface area contributed by atoms with Gasteiger partial charge in [-0.15, -0.1) is 0 Å². The molecule has 1 aromatic heterocycles. The van der Waals surface area contributed by atoms with E-state index in [9.17, 15) is 9.59 Å². The molecule has 0 aromatic carbocycles. The summed E-state index contributed by atoms with van der Waals surface area (Å²) in [4.78, 5) is 23.3. The second-order valence-corrected chi connectivity index (χ2v) is 5.34. The van der Waals surface area contributed by atoms with Crippen molar-refractivity contribution in [2.45, 2.75) is 45.6 Å². The predicted molar refractivity (Wildman–Crippen MR) is 71.1 cm³/mol. The van der Waals surface area contributed by atoms with Gasteiger partial charge < -0.3 is 14.6 Å². The van der Waals surface area contributed by atoms with Gasteiger partial charge in [0, 0.05) is 12.1 Å². The number of ether oxygens (including phenoxy) is 1. The van der Waals surface area contributed by atoms with Crippen molar-refractivity contribution < 1.29 is 18.8 Å². The number of carbonyl (C=O) groups is 2. The van der Waals surface area contributed by atoms with Gasteiger partial charge in [0.05, 0.1) is 5.69 Å². The van der Waals surface area contributed by atoms with E-state index in [0.717, 1.165) is 19.3 Å². The lowest BCUT2D eigenvalue weighted by Crippen LogP contribution is -2.42. The van der Waals surface area contributed by atoms with Gasteiger partial charge >= 0.3 is 5.97 Å². The minimum absolute atomic E-state index is 0.0151. The Morgan fingerprint density at radius 1 is 1.45 bits per heavy atom. The quantitative estimate of drug-likeness (QED) is 0.851. The summed E-state index contributed by atoms with van der Waals surface area (Å²) in [7, 11) is 0. The van der Waals surface area contributed by atoms with Gasteiger partial charge in [0.1, 0.15) is 0 Å². The molecule has 0 spiro atoms. The van der Waals surface area contributed by atoms with Gasteiger partial charge in [0.15, 0.2) is 6.61 Å². The molecule has 0 unspecified atom stereocenters. The van der Waals surface area contributed by atoms with Crippen molar-refractivity contribution in [1.29, 1.82) is 0 Å². The summed E-state index contributed by atoms with van der Waals surface area (Å²) in [6.07, 6.45) is 4.46. The zero-order chi connectivity index (χ0) is 14.5.